The third-order valence-corrected chi connectivity index (χ3v) is 12.6. The number of hydrogen-bond acceptors (Lipinski definition) is 4. The molecule has 0 spiro atoms. The highest BCUT2D eigenvalue weighted by molar-refractivity contribution is 7.26. The molecule has 0 N–H and O–H groups in total. The number of thiophene rings is 2. The van der Waals surface area contributed by atoms with Crippen LogP contribution < -0.4 is 4.90 Å². The Bertz CT molecular complexity index is 3130. The molecule has 2 nitrogen and oxygen atoms in total. The van der Waals surface area contributed by atoms with Gasteiger partial charge in [-0.15, -0.1) is 22.7 Å². The molecule has 8 aromatic carbocycles. The fourth-order valence-electron chi connectivity index (χ4n) is 7.94. The van der Waals surface area contributed by atoms with Gasteiger partial charge in [0, 0.05) is 68.6 Å². The number of fused-ring (bicyclic) bond motifs is 9. The molecule has 0 saturated heterocycles. The molecule has 244 valence electrons. The molecular weight excluding hydrogens is 671 g/mol. The standard InChI is InChI=1S/C48H29NOS2/c1-3-12-30(13-4-1)34-18-11-21-45-46(34)39-28-32(23-27-44(39)51-45)49(33-22-24-37-36-16-7-9-19-41(36)50-42(37)29-33)40-26-25-35(31-14-5-2-6-15-31)48-47(40)38-17-8-10-20-43(38)52-48/h1-29H. The fraction of sp³-hybridized carbons (Fsp3) is 0. The zero-order valence-electron chi connectivity index (χ0n) is 27.9. The lowest BCUT2D eigenvalue weighted by molar-refractivity contribution is 0.669. The number of benzene rings is 8. The quantitative estimate of drug-likeness (QED) is 0.178. The lowest BCUT2D eigenvalue weighted by Gasteiger charge is -2.27. The van der Waals surface area contributed by atoms with Crippen molar-refractivity contribution in [3.63, 3.8) is 0 Å². The molecule has 0 fully saturated rings. The third-order valence-electron chi connectivity index (χ3n) is 10.3. The van der Waals surface area contributed by atoms with Gasteiger partial charge in [-0.1, -0.05) is 115 Å². The van der Waals surface area contributed by atoms with Crippen LogP contribution in [0.1, 0.15) is 0 Å². The number of rotatable bonds is 5. The van der Waals surface area contributed by atoms with E-state index in [1.807, 2.05) is 28.7 Å². The van der Waals surface area contributed by atoms with E-state index in [0.717, 1.165) is 39.0 Å². The summed E-state index contributed by atoms with van der Waals surface area (Å²) in [5.41, 5.74) is 10.0. The van der Waals surface area contributed by atoms with E-state index in [9.17, 15) is 0 Å². The average molecular weight is 700 g/mol. The van der Waals surface area contributed by atoms with Crippen molar-refractivity contribution in [2.24, 2.45) is 0 Å². The highest BCUT2D eigenvalue weighted by Gasteiger charge is 2.23. The Labute approximate surface area is 308 Å². The molecule has 0 unspecified atom stereocenters. The van der Waals surface area contributed by atoms with Crippen LogP contribution in [0.25, 0.3) is 84.5 Å². The van der Waals surface area contributed by atoms with E-state index in [1.54, 1.807) is 0 Å². The van der Waals surface area contributed by atoms with Crippen LogP contribution in [0, 0.1) is 0 Å². The van der Waals surface area contributed by atoms with Gasteiger partial charge in [0.1, 0.15) is 11.2 Å². The molecule has 0 radical (unpaired) electrons. The van der Waals surface area contributed by atoms with Gasteiger partial charge in [-0.05, 0) is 76.9 Å². The minimum Gasteiger partial charge on any atom is -0.456 e. The molecule has 0 aliphatic rings. The van der Waals surface area contributed by atoms with Crippen molar-refractivity contribution in [2.75, 3.05) is 4.90 Å². The second-order valence-corrected chi connectivity index (χ2v) is 15.4. The van der Waals surface area contributed by atoms with Crippen molar-refractivity contribution in [2.45, 2.75) is 0 Å². The second kappa shape index (κ2) is 11.7. The van der Waals surface area contributed by atoms with Crippen LogP contribution in [-0.2, 0) is 0 Å². The van der Waals surface area contributed by atoms with Crippen molar-refractivity contribution < 1.29 is 4.42 Å². The molecule has 11 rings (SSSR count). The van der Waals surface area contributed by atoms with Crippen molar-refractivity contribution in [3.05, 3.63) is 176 Å². The third kappa shape index (κ3) is 4.55. The van der Waals surface area contributed by atoms with Crippen molar-refractivity contribution in [3.8, 4) is 22.3 Å². The SMILES string of the molecule is c1ccc(-c2ccc(N(c3ccc4c(c3)oc3ccccc34)c3ccc4sc5cccc(-c6ccccc6)c5c4c3)c3c2sc2ccccc23)cc1. The molecule has 3 heterocycles. The number of hydrogen-bond donors (Lipinski definition) is 0. The van der Waals surface area contributed by atoms with Crippen molar-refractivity contribution >= 4 is 102 Å². The summed E-state index contributed by atoms with van der Waals surface area (Å²) in [4.78, 5) is 2.44. The van der Waals surface area contributed by atoms with Crippen LogP contribution in [0.3, 0.4) is 0 Å². The lowest BCUT2D eigenvalue weighted by atomic mass is 9.98. The van der Waals surface area contributed by atoms with Gasteiger partial charge in [-0.2, -0.15) is 0 Å². The largest absolute Gasteiger partial charge is 0.456 e. The molecule has 3 aromatic heterocycles. The van der Waals surface area contributed by atoms with Crippen LogP contribution >= 0.6 is 22.7 Å². The number of para-hydroxylation sites is 1. The lowest BCUT2D eigenvalue weighted by Crippen LogP contribution is -2.10. The summed E-state index contributed by atoms with van der Waals surface area (Å²) in [5, 5.41) is 7.34. The topological polar surface area (TPSA) is 16.4 Å². The van der Waals surface area contributed by atoms with E-state index < -0.39 is 0 Å². The summed E-state index contributed by atoms with van der Waals surface area (Å²) < 4.78 is 11.6. The smallest absolute Gasteiger partial charge is 0.137 e. The molecule has 4 heteroatoms. The predicted molar refractivity (Wildman–Crippen MR) is 225 cm³/mol. The summed E-state index contributed by atoms with van der Waals surface area (Å²) >= 11 is 3.73. The van der Waals surface area contributed by atoms with E-state index in [4.69, 9.17) is 4.42 Å². The molecular formula is C48H29NOS2. The first-order chi connectivity index (χ1) is 25.8. The monoisotopic (exact) mass is 699 g/mol. The molecule has 0 saturated carbocycles. The normalized spacial score (nSPS) is 11.8. The van der Waals surface area contributed by atoms with Crippen LogP contribution in [0.2, 0.25) is 0 Å². The van der Waals surface area contributed by atoms with Crippen molar-refractivity contribution in [1.29, 1.82) is 0 Å². The Balaban J connectivity index is 1.22. The first-order valence-corrected chi connectivity index (χ1v) is 19.1. The number of nitrogens with zero attached hydrogens (tertiary/aromatic N) is 1. The minimum atomic E-state index is 0.879. The van der Waals surface area contributed by atoms with Crippen molar-refractivity contribution in [1.82, 2.24) is 0 Å². The maximum atomic E-state index is 6.49. The van der Waals surface area contributed by atoms with Gasteiger partial charge in [-0.25, -0.2) is 0 Å². The van der Waals surface area contributed by atoms with Crippen LogP contribution in [0.15, 0.2) is 180 Å². The summed E-state index contributed by atoms with van der Waals surface area (Å²) in [7, 11) is 0. The first kappa shape index (κ1) is 29.5. The average Bonchev–Trinajstić information content (AvgIpc) is 3.90. The van der Waals surface area contributed by atoms with E-state index in [0.29, 0.717) is 0 Å². The number of anilines is 3. The fourth-order valence-corrected chi connectivity index (χ4v) is 10.3. The highest BCUT2D eigenvalue weighted by atomic mass is 32.1. The number of furan rings is 1. The van der Waals surface area contributed by atoms with Gasteiger partial charge in [0.25, 0.3) is 0 Å². The Hall–Kier alpha value is -6.20. The van der Waals surface area contributed by atoms with Gasteiger partial charge < -0.3 is 9.32 Å². The molecule has 0 aliphatic carbocycles. The Morgan fingerprint density at radius 1 is 0.385 bits per heavy atom. The summed E-state index contributed by atoms with van der Waals surface area (Å²) in [6, 6.07) is 63.6. The van der Waals surface area contributed by atoms with E-state index in [-0.39, 0.29) is 0 Å². The van der Waals surface area contributed by atoms with Crippen LogP contribution in [0.5, 0.6) is 0 Å². The molecule has 0 bridgehead atoms. The first-order valence-electron chi connectivity index (χ1n) is 17.5. The van der Waals surface area contributed by atoms with E-state index >= 15 is 0 Å². The Morgan fingerprint density at radius 3 is 1.88 bits per heavy atom. The zero-order chi connectivity index (χ0) is 34.2. The predicted octanol–water partition coefficient (Wildman–Crippen LogP) is 15.1. The molecule has 52 heavy (non-hydrogen) atoms. The van der Waals surface area contributed by atoms with Gasteiger partial charge in [-0.3, -0.25) is 0 Å². The van der Waals surface area contributed by atoms with Gasteiger partial charge in [0.2, 0.25) is 0 Å². The molecule has 0 aliphatic heterocycles. The second-order valence-electron chi connectivity index (χ2n) is 13.2. The zero-order valence-corrected chi connectivity index (χ0v) is 29.5. The molecule has 0 atom stereocenters. The Kier molecular flexibility index (Phi) is 6.63. The Morgan fingerprint density at radius 2 is 1.04 bits per heavy atom. The summed E-state index contributed by atoms with van der Waals surface area (Å²) in [6.07, 6.45) is 0. The maximum Gasteiger partial charge on any atom is 0.137 e. The van der Waals surface area contributed by atoms with Gasteiger partial charge in [0.15, 0.2) is 0 Å². The minimum absolute atomic E-state index is 0.879. The van der Waals surface area contributed by atoms with E-state index in [2.05, 4.69) is 175 Å². The van der Waals surface area contributed by atoms with Crippen LogP contribution in [-0.4, -0.2) is 0 Å². The highest BCUT2D eigenvalue weighted by Crippen LogP contribution is 2.50. The maximum absolute atomic E-state index is 6.49. The van der Waals surface area contributed by atoms with Gasteiger partial charge in [0.05, 0.1) is 5.69 Å². The summed E-state index contributed by atoms with van der Waals surface area (Å²) in [6.45, 7) is 0. The van der Waals surface area contributed by atoms with E-state index in [1.165, 1.54) is 62.6 Å². The molecule has 0 amide bonds. The summed E-state index contributed by atoms with van der Waals surface area (Å²) in [5.74, 6) is 0. The van der Waals surface area contributed by atoms with Gasteiger partial charge >= 0.3 is 0 Å². The molecule has 11 aromatic rings. The van der Waals surface area contributed by atoms with Crippen LogP contribution in [0.4, 0.5) is 17.1 Å².